The number of nitrogens with one attached hydrogen (secondary N) is 1. The number of ether oxygens (including phenoxy) is 1. The van der Waals surface area contributed by atoms with Gasteiger partial charge in [0.2, 0.25) is 10.0 Å². The van der Waals surface area contributed by atoms with Gasteiger partial charge in [0.25, 0.3) is 11.8 Å². The van der Waals surface area contributed by atoms with E-state index >= 15 is 0 Å². The highest BCUT2D eigenvalue weighted by atomic mass is 35.6. The van der Waals surface area contributed by atoms with Crippen LogP contribution in [0.25, 0.3) is 6.08 Å². The molecule has 1 atom stereocenters. The second-order valence-corrected chi connectivity index (χ2v) is 11.8. The van der Waals surface area contributed by atoms with Crippen molar-refractivity contribution >= 4 is 86.7 Å². The molecule has 1 fully saturated rings. The summed E-state index contributed by atoms with van der Waals surface area (Å²) in [5, 5.41) is 2.59. The zero-order valence-electron chi connectivity index (χ0n) is 18.8. The summed E-state index contributed by atoms with van der Waals surface area (Å²) in [6.45, 7) is 1.98. The van der Waals surface area contributed by atoms with E-state index in [1.165, 1.54) is 16.7 Å². The van der Waals surface area contributed by atoms with Crippen LogP contribution in [-0.2, 0) is 4.79 Å². The Bertz CT molecular complexity index is 1310. The number of amides is 2. The molecule has 1 unspecified atom stereocenters. The maximum atomic E-state index is 13.0. The van der Waals surface area contributed by atoms with Crippen molar-refractivity contribution in [2.45, 2.75) is 16.9 Å². The molecule has 10 heteroatoms. The fourth-order valence-electron chi connectivity index (χ4n) is 3.28. The molecular formula is C26H19Cl3N2O3S2. The maximum Gasteiger partial charge on any atom is 0.270 e. The number of nitrogens with zero attached hydrogens (tertiary/aromatic N) is 1. The van der Waals surface area contributed by atoms with Crippen molar-refractivity contribution in [1.82, 2.24) is 5.32 Å². The van der Waals surface area contributed by atoms with Crippen LogP contribution in [-0.4, -0.2) is 26.2 Å². The minimum Gasteiger partial charge on any atom is -0.466 e. The molecule has 0 spiro atoms. The highest BCUT2D eigenvalue weighted by molar-refractivity contribution is 8.27. The molecule has 1 saturated heterocycles. The van der Waals surface area contributed by atoms with Gasteiger partial charge in [-0.1, -0.05) is 107 Å². The molecule has 0 saturated carbocycles. The molecule has 2 amide bonds. The van der Waals surface area contributed by atoms with Gasteiger partial charge in [-0.15, -0.1) is 0 Å². The molecular weight excluding hydrogens is 559 g/mol. The molecule has 1 N–H and O–H groups in total. The number of rotatable bonds is 6. The molecule has 0 radical (unpaired) electrons. The van der Waals surface area contributed by atoms with E-state index in [1.54, 1.807) is 60.7 Å². The number of carbonyl (C=O) groups excluding carboxylic acids is 2. The van der Waals surface area contributed by atoms with Crippen molar-refractivity contribution in [3.63, 3.8) is 0 Å². The Morgan fingerprint density at radius 3 is 2.28 bits per heavy atom. The Morgan fingerprint density at radius 1 is 1.03 bits per heavy atom. The SMILES string of the molecule is Cc1ccc(N2C(=O)/C(=C/c3ccc(OC(NC(=O)c4ccccc4)C(Cl)(Cl)Cl)cc3)SC2=S)cc1. The van der Waals surface area contributed by atoms with Gasteiger partial charge < -0.3 is 10.1 Å². The number of hydrogen-bond acceptors (Lipinski definition) is 5. The molecule has 36 heavy (non-hydrogen) atoms. The summed E-state index contributed by atoms with van der Waals surface area (Å²) in [6.07, 6.45) is 0.507. The molecule has 1 heterocycles. The standard InChI is InChI=1S/C26H19Cl3N2O3S2/c1-16-7-11-19(12-8-16)31-23(33)21(36-25(31)35)15-17-9-13-20(14-10-17)34-24(26(27,28)29)30-22(32)18-5-3-2-4-6-18/h2-15,24H,1H3,(H,30,32)/b21-15-. The molecule has 5 nitrogen and oxygen atoms in total. The van der Waals surface area contributed by atoms with Crippen molar-refractivity contribution in [1.29, 1.82) is 0 Å². The summed E-state index contributed by atoms with van der Waals surface area (Å²) < 4.78 is 4.31. The van der Waals surface area contributed by atoms with Gasteiger partial charge in [0, 0.05) is 5.56 Å². The summed E-state index contributed by atoms with van der Waals surface area (Å²) >= 11 is 24.8. The molecule has 4 rings (SSSR count). The third-order valence-electron chi connectivity index (χ3n) is 5.11. The average Bonchev–Trinajstić information content (AvgIpc) is 3.13. The van der Waals surface area contributed by atoms with Gasteiger partial charge in [-0.25, -0.2) is 0 Å². The fraction of sp³-hybridized carbons (Fsp3) is 0.115. The largest absolute Gasteiger partial charge is 0.466 e. The third kappa shape index (κ3) is 6.41. The number of alkyl halides is 3. The van der Waals surface area contributed by atoms with Gasteiger partial charge in [-0.2, -0.15) is 0 Å². The van der Waals surface area contributed by atoms with Crippen molar-refractivity contribution < 1.29 is 14.3 Å². The molecule has 0 aromatic heterocycles. The summed E-state index contributed by atoms with van der Waals surface area (Å²) in [5.74, 6) is -0.266. The lowest BCUT2D eigenvalue weighted by Gasteiger charge is -2.26. The van der Waals surface area contributed by atoms with Crippen molar-refractivity contribution in [3.05, 3.63) is 100 Å². The third-order valence-corrected chi connectivity index (χ3v) is 7.01. The number of hydrogen-bond donors (Lipinski definition) is 1. The summed E-state index contributed by atoms with van der Waals surface area (Å²) in [7, 11) is 0. The smallest absolute Gasteiger partial charge is 0.270 e. The van der Waals surface area contributed by atoms with Crippen molar-refractivity contribution in [3.8, 4) is 5.75 Å². The second-order valence-electron chi connectivity index (χ2n) is 7.80. The van der Waals surface area contributed by atoms with E-state index in [1.807, 2.05) is 31.2 Å². The van der Waals surface area contributed by atoms with E-state index in [0.29, 0.717) is 20.5 Å². The molecule has 1 aliphatic rings. The first-order valence-electron chi connectivity index (χ1n) is 10.7. The number of aryl methyl sites for hydroxylation is 1. The van der Waals surface area contributed by atoms with Crippen LogP contribution in [0.15, 0.2) is 83.8 Å². The molecule has 1 aliphatic heterocycles. The average molecular weight is 578 g/mol. The van der Waals surface area contributed by atoms with Crippen molar-refractivity contribution in [2.75, 3.05) is 4.90 Å². The quantitative estimate of drug-likeness (QED) is 0.149. The van der Waals surface area contributed by atoms with E-state index in [-0.39, 0.29) is 5.91 Å². The minimum absolute atomic E-state index is 0.186. The van der Waals surface area contributed by atoms with E-state index in [9.17, 15) is 9.59 Å². The summed E-state index contributed by atoms with van der Waals surface area (Å²) in [5.41, 5.74) is 2.98. The van der Waals surface area contributed by atoms with E-state index in [4.69, 9.17) is 51.8 Å². The number of carbonyl (C=O) groups is 2. The van der Waals surface area contributed by atoms with Gasteiger partial charge in [0.15, 0.2) is 4.32 Å². The monoisotopic (exact) mass is 576 g/mol. The zero-order chi connectivity index (χ0) is 25.9. The maximum absolute atomic E-state index is 13.0. The number of benzene rings is 3. The van der Waals surface area contributed by atoms with Crippen LogP contribution in [0, 0.1) is 6.92 Å². The van der Waals surface area contributed by atoms with Crippen LogP contribution in [0.1, 0.15) is 21.5 Å². The number of thiocarbonyl (C=S) groups is 1. The van der Waals surface area contributed by atoms with Crippen LogP contribution in [0.5, 0.6) is 5.75 Å². The Kier molecular flexibility index (Phi) is 8.27. The minimum atomic E-state index is -1.92. The molecule has 184 valence electrons. The van der Waals surface area contributed by atoms with E-state index < -0.39 is 15.9 Å². The van der Waals surface area contributed by atoms with Gasteiger partial charge in [0.1, 0.15) is 5.75 Å². The van der Waals surface area contributed by atoms with Gasteiger partial charge in [-0.05, 0) is 55.0 Å². The lowest BCUT2D eigenvalue weighted by atomic mass is 10.2. The first-order chi connectivity index (χ1) is 17.1. The van der Waals surface area contributed by atoms with Crippen LogP contribution < -0.4 is 15.0 Å². The topological polar surface area (TPSA) is 58.6 Å². The predicted molar refractivity (Wildman–Crippen MR) is 152 cm³/mol. The normalized spacial score (nSPS) is 15.8. The fourth-order valence-corrected chi connectivity index (χ4v) is 4.88. The lowest BCUT2D eigenvalue weighted by molar-refractivity contribution is -0.113. The second kappa shape index (κ2) is 11.2. The summed E-state index contributed by atoms with van der Waals surface area (Å²) in [4.78, 5) is 27.5. The first kappa shape index (κ1) is 26.5. The highest BCUT2D eigenvalue weighted by Crippen LogP contribution is 2.36. The Labute approximate surface area is 233 Å². The van der Waals surface area contributed by atoms with E-state index in [2.05, 4.69) is 5.32 Å². The van der Waals surface area contributed by atoms with Gasteiger partial charge in [0.05, 0.1) is 10.6 Å². The predicted octanol–water partition coefficient (Wildman–Crippen LogP) is 6.91. The van der Waals surface area contributed by atoms with Crippen LogP contribution in [0.3, 0.4) is 0 Å². The van der Waals surface area contributed by atoms with Crippen molar-refractivity contribution in [2.24, 2.45) is 0 Å². The first-order valence-corrected chi connectivity index (χ1v) is 13.0. The lowest BCUT2D eigenvalue weighted by Crippen LogP contribution is -2.47. The number of halogens is 3. The van der Waals surface area contributed by atoms with E-state index in [0.717, 1.165) is 16.8 Å². The van der Waals surface area contributed by atoms with Crippen LogP contribution >= 0.6 is 58.8 Å². The molecule has 0 aliphatic carbocycles. The number of thioether (sulfide) groups is 1. The Hall–Kier alpha value is -2.55. The van der Waals surface area contributed by atoms with Gasteiger partial charge in [-0.3, -0.25) is 14.5 Å². The Morgan fingerprint density at radius 2 is 1.67 bits per heavy atom. The Balaban J connectivity index is 1.47. The summed E-state index contributed by atoms with van der Waals surface area (Å²) in [6, 6.07) is 23.0. The zero-order valence-corrected chi connectivity index (χ0v) is 22.7. The number of anilines is 1. The van der Waals surface area contributed by atoms with Crippen LogP contribution in [0.2, 0.25) is 0 Å². The van der Waals surface area contributed by atoms with Gasteiger partial charge >= 0.3 is 0 Å². The molecule has 3 aromatic rings. The van der Waals surface area contributed by atoms with Crippen LogP contribution in [0.4, 0.5) is 5.69 Å². The molecule has 3 aromatic carbocycles. The highest BCUT2D eigenvalue weighted by Gasteiger charge is 2.36. The molecule has 0 bridgehead atoms.